The van der Waals surface area contributed by atoms with Crippen LogP contribution in [0, 0.1) is 0 Å². The third kappa shape index (κ3) is 55.2. The molecule has 2 amide bonds. The molecule has 0 bridgehead atoms. The first-order valence-corrected chi connectivity index (χ1v) is 1.60. The SMILES string of the molecule is NC(N)=O.O=C=S. The molecule has 0 saturated carbocycles. The summed E-state index contributed by atoms with van der Waals surface area (Å²) in [5, 5.41) is 1.08. The van der Waals surface area contributed by atoms with Crippen molar-refractivity contribution in [1.29, 1.82) is 0 Å². The van der Waals surface area contributed by atoms with Gasteiger partial charge in [-0.05, 0) is 0 Å². The van der Waals surface area contributed by atoms with Crippen LogP contribution in [0.1, 0.15) is 0 Å². The van der Waals surface area contributed by atoms with E-state index < -0.39 is 6.03 Å². The number of hydrogen-bond acceptors (Lipinski definition) is 3. The molecule has 0 aromatic rings. The summed E-state index contributed by atoms with van der Waals surface area (Å²) in [6.07, 6.45) is 0. The van der Waals surface area contributed by atoms with E-state index in [9.17, 15) is 0 Å². The Morgan fingerprint density at radius 1 is 1.57 bits per heavy atom. The number of rotatable bonds is 0. The third-order valence-corrected chi connectivity index (χ3v) is 0. The van der Waals surface area contributed by atoms with E-state index in [1.165, 1.54) is 0 Å². The lowest BCUT2D eigenvalue weighted by molar-refractivity contribution is 0.256. The zero-order valence-electron chi connectivity index (χ0n) is 3.38. The van der Waals surface area contributed by atoms with Gasteiger partial charge < -0.3 is 11.5 Å². The van der Waals surface area contributed by atoms with Crippen molar-refractivity contribution in [3.05, 3.63) is 0 Å². The van der Waals surface area contributed by atoms with Crippen molar-refractivity contribution in [3.8, 4) is 0 Å². The largest absolute Gasteiger partial charge is 0.352 e. The summed E-state index contributed by atoms with van der Waals surface area (Å²) in [5.41, 5.74) is 8.50. The lowest BCUT2D eigenvalue weighted by atomic mass is 11.2. The van der Waals surface area contributed by atoms with Crippen LogP contribution in [0.2, 0.25) is 0 Å². The van der Waals surface area contributed by atoms with Crippen molar-refractivity contribution in [2.45, 2.75) is 0 Å². The number of primary amides is 2. The smallest absolute Gasteiger partial charge is 0.309 e. The molecular weight excluding hydrogens is 116 g/mol. The van der Waals surface area contributed by atoms with Gasteiger partial charge in [0.05, 0.1) is 0 Å². The van der Waals surface area contributed by atoms with E-state index in [2.05, 4.69) is 23.7 Å². The first-order chi connectivity index (χ1) is 3.15. The number of nitrogens with two attached hydrogens (primary N) is 2. The van der Waals surface area contributed by atoms with E-state index in [0.29, 0.717) is 0 Å². The molecule has 0 unspecified atom stereocenters. The molecule has 0 fully saturated rings. The number of urea groups is 1. The van der Waals surface area contributed by atoms with Crippen LogP contribution in [0.4, 0.5) is 4.79 Å². The lowest BCUT2D eigenvalue weighted by Crippen LogP contribution is -2.18. The van der Waals surface area contributed by atoms with E-state index >= 15 is 0 Å². The number of amides is 2. The lowest BCUT2D eigenvalue weighted by Gasteiger charge is -1.62. The molecule has 4 nitrogen and oxygen atoms in total. The quantitative estimate of drug-likeness (QED) is 0.413. The Morgan fingerprint density at radius 2 is 1.57 bits per heavy atom. The molecule has 0 aliphatic carbocycles. The number of thiocarbonyl (C=S) groups is 1. The van der Waals surface area contributed by atoms with Crippen LogP contribution in [0.3, 0.4) is 0 Å². The summed E-state index contributed by atoms with van der Waals surface area (Å²) in [4.78, 5) is 17.5. The van der Waals surface area contributed by atoms with Gasteiger partial charge >= 0.3 is 6.03 Å². The van der Waals surface area contributed by atoms with Gasteiger partial charge in [0.15, 0.2) is 0 Å². The summed E-state index contributed by atoms with van der Waals surface area (Å²) in [6.45, 7) is 0. The maximum Gasteiger partial charge on any atom is 0.309 e. The molecule has 4 N–H and O–H groups in total. The number of carbonyl (C=O) groups excluding carboxylic acids is 2. The molecule has 0 rings (SSSR count). The van der Waals surface area contributed by atoms with Gasteiger partial charge in [0.1, 0.15) is 0 Å². The topological polar surface area (TPSA) is 86.2 Å². The maximum atomic E-state index is 9.00. The minimum Gasteiger partial charge on any atom is -0.352 e. The Kier molecular flexibility index (Phi) is 12.0. The predicted octanol–water partition coefficient (Wildman–Crippen LogP) is -0.725. The molecule has 0 radical (unpaired) electrons. The molecule has 0 heterocycles. The van der Waals surface area contributed by atoms with E-state index in [1.54, 1.807) is 0 Å². The number of carbonyl (C=O) groups is 1. The predicted molar refractivity (Wildman–Crippen MR) is 27.1 cm³/mol. The van der Waals surface area contributed by atoms with Gasteiger partial charge in [-0.15, -0.1) is 0 Å². The second kappa shape index (κ2) is 8.91. The van der Waals surface area contributed by atoms with Gasteiger partial charge in [0.25, 0.3) is 0 Å². The van der Waals surface area contributed by atoms with Gasteiger partial charge in [-0.2, -0.15) is 0 Å². The van der Waals surface area contributed by atoms with Crippen LogP contribution in [0.15, 0.2) is 0 Å². The molecule has 0 aromatic heterocycles. The highest BCUT2D eigenvalue weighted by atomic mass is 32.1. The van der Waals surface area contributed by atoms with Crippen LogP contribution in [-0.2, 0) is 4.79 Å². The van der Waals surface area contributed by atoms with Crippen LogP contribution >= 0.6 is 12.2 Å². The fourth-order valence-corrected chi connectivity index (χ4v) is 0. The van der Waals surface area contributed by atoms with E-state index in [0.717, 1.165) is 5.23 Å². The van der Waals surface area contributed by atoms with E-state index in [1.807, 2.05) is 0 Å². The standard InChI is InChI=1S/CH4N2O.COS/c2-1(3)4;2-1-3/h(H4,2,3,4);. The maximum absolute atomic E-state index is 9.00. The van der Waals surface area contributed by atoms with Crippen LogP contribution in [0.25, 0.3) is 0 Å². The highest BCUT2D eigenvalue weighted by Gasteiger charge is 1.60. The highest BCUT2D eigenvalue weighted by Crippen LogP contribution is 1.25. The average molecular weight is 120 g/mol. The van der Waals surface area contributed by atoms with Crippen molar-refractivity contribution in [3.63, 3.8) is 0 Å². The summed E-state index contributed by atoms with van der Waals surface area (Å²) < 4.78 is 0. The third-order valence-electron chi connectivity index (χ3n) is 0. The molecule has 40 valence electrons. The molecular formula is C2H4N2O2S. The molecule has 0 spiro atoms. The Labute approximate surface area is 45.5 Å². The van der Waals surface area contributed by atoms with Crippen molar-refractivity contribution >= 4 is 23.5 Å². The molecule has 0 saturated heterocycles. The Morgan fingerprint density at radius 3 is 1.57 bits per heavy atom. The fourth-order valence-electron chi connectivity index (χ4n) is 0. The summed E-state index contributed by atoms with van der Waals surface area (Å²) in [7, 11) is 0. The Hall–Kier alpha value is -0.930. The molecule has 0 aromatic carbocycles. The Balaban J connectivity index is 0. The molecule has 7 heavy (non-hydrogen) atoms. The fraction of sp³-hybridized carbons (Fsp3) is 0. The minimum absolute atomic E-state index is 0.833. The van der Waals surface area contributed by atoms with Crippen LogP contribution in [-0.4, -0.2) is 11.3 Å². The highest BCUT2D eigenvalue weighted by molar-refractivity contribution is 7.78. The minimum atomic E-state index is -0.833. The molecule has 0 aliphatic rings. The average Bonchev–Trinajstić information content (AvgIpc) is 1.33. The van der Waals surface area contributed by atoms with Crippen molar-refractivity contribution in [1.82, 2.24) is 0 Å². The molecule has 5 heteroatoms. The van der Waals surface area contributed by atoms with Crippen molar-refractivity contribution in [2.24, 2.45) is 11.5 Å². The summed E-state index contributed by atoms with van der Waals surface area (Å²) in [5.74, 6) is 0. The van der Waals surface area contributed by atoms with Gasteiger partial charge in [0.2, 0.25) is 5.23 Å². The molecule has 0 aliphatic heterocycles. The van der Waals surface area contributed by atoms with Gasteiger partial charge in [-0.25, -0.2) is 9.59 Å². The van der Waals surface area contributed by atoms with Gasteiger partial charge in [-0.3, -0.25) is 0 Å². The van der Waals surface area contributed by atoms with Crippen LogP contribution < -0.4 is 11.5 Å². The first-order valence-electron chi connectivity index (χ1n) is 1.19. The van der Waals surface area contributed by atoms with Crippen LogP contribution in [0.5, 0.6) is 0 Å². The first kappa shape index (κ1) is 9.42. The van der Waals surface area contributed by atoms with E-state index in [-0.39, 0.29) is 0 Å². The molecule has 0 atom stereocenters. The summed E-state index contributed by atoms with van der Waals surface area (Å²) in [6, 6.07) is -0.833. The monoisotopic (exact) mass is 120 g/mol. The van der Waals surface area contributed by atoms with E-state index in [4.69, 9.17) is 9.59 Å². The summed E-state index contributed by atoms with van der Waals surface area (Å²) >= 11 is 3.59. The van der Waals surface area contributed by atoms with Crippen molar-refractivity contribution < 1.29 is 9.59 Å². The second-order valence-corrected chi connectivity index (χ2v) is 0.652. The zero-order chi connectivity index (χ0) is 6.28. The second-order valence-electron chi connectivity index (χ2n) is 0.486. The normalized spacial score (nSPS) is 4.57. The number of hydrogen-bond donors (Lipinski definition) is 2. The Bertz CT molecular complexity index is 81.7. The van der Waals surface area contributed by atoms with Crippen molar-refractivity contribution in [2.75, 3.05) is 0 Å². The van der Waals surface area contributed by atoms with Gasteiger partial charge in [0, 0.05) is 12.2 Å². The zero-order valence-corrected chi connectivity index (χ0v) is 4.20. The van der Waals surface area contributed by atoms with Gasteiger partial charge in [-0.1, -0.05) is 0 Å².